The van der Waals surface area contributed by atoms with Gasteiger partial charge in [-0.05, 0) is 75.4 Å². The van der Waals surface area contributed by atoms with E-state index in [-0.39, 0.29) is 5.91 Å². The standard InChI is InChI=1S/C26H30N4O2/c1-28-15-17-6-8-18(9-7-17)16-29-26(32)22-14-24(30-23-5-3-2-4-21(22)23)19-10-12-20(13-11-19)25(27)31/h2-5,10-14,17-18,28H,6-9,15-16H2,1H3,(H2,27,31)(H,29,32)/t17-,18-. The third kappa shape index (κ3) is 4.97. The first-order valence-electron chi connectivity index (χ1n) is 11.3. The van der Waals surface area contributed by atoms with E-state index in [2.05, 4.69) is 10.6 Å². The normalized spacial score (nSPS) is 18.4. The van der Waals surface area contributed by atoms with Crippen LogP contribution in [-0.4, -0.2) is 36.9 Å². The molecule has 1 aliphatic rings. The third-order valence-corrected chi connectivity index (χ3v) is 6.44. The Morgan fingerprint density at radius 3 is 2.28 bits per heavy atom. The summed E-state index contributed by atoms with van der Waals surface area (Å²) in [7, 11) is 2.01. The molecule has 6 heteroatoms. The minimum Gasteiger partial charge on any atom is -0.366 e. The second-order valence-corrected chi connectivity index (χ2v) is 8.67. The lowest BCUT2D eigenvalue weighted by Gasteiger charge is -2.28. The molecule has 0 spiro atoms. The fourth-order valence-electron chi connectivity index (χ4n) is 4.58. The third-order valence-electron chi connectivity index (χ3n) is 6.44. The maximum atomic E-state index is 13.2. The van der Waals surface area contributed by atoms with Crippen LogP contribution in [0.25, 0.3) is 22.2 Å². The lowest BCUT2D eigenvalue weighted by Crippen LogP contribution is -2.32. The number of rotatable bonds is 7. The van der Waals surface area contributed by atoms with E-state index in [9.17, 15) is 9.59 Å². The Bertz CT molecular complexity index is 1100. The van der Waals surface area contributed by atoms with Gasteiger partial charge in [-0.15, -0.1) is 0 Å². The molecule has 2 amide bonds. The number of nitrogens with one attached hydrogen (secondary N) is 2. The van der Waals surface area contributed by atoms with Crippen molar-refractivity contribution in [2.75, 3.05) is 20.1 Å². The molecule has 1 saturated carbocycles. The molecule has 1 aliphatic carbocycles. The van der Waals surface area contributed by atoms with Crippen molar-refractivity contribution in [3.05, 3.63) is 65.7 Å². The Hall–Kier alpha value is -3.25. The van der Waals surface area contributed by atoms with Crippen LogP contribution in [0.5, 0.6) is 0 Å². The Kier molecular flexibility index (Phi) is 6.81. The Morgan fingerprint density at radius 2 is 1.62 bits per heavy atom. The predicted molar refractivity (Wildman–Crippen MR) is 127 cm³/mol. The van der Waals surface area contributed by atoms with Crippen LogP contribution in [0.15, 0.2) is 54.6 Å². The van der Waals surface area contributed by atoms with Gasteiger partial charge in [0.15, 0.2) is 0 Å². The van der Waals surface area contributed by atoms with E-state index in [4.69, 9.17) is 10.7 Å². The number of fused-ring (bicyclic) bond motifs is 1. The fraction of sp³-hybridized carbons (Fsp3) is 0.346. The van der Waals surface area contributed by atoms with E-state index in [0.717, 1.165) is 41.8 Å². The van der Waals surface area contributed by atoms with E-state index >= 15 is 0 Å². The zero-order valence-corrected chi connectivity index (χ0v) is 18.4. The molecule has 0 atom stereocenters. The van der Waals surface area contributed by atoms with Gasteiger partial charge in [-0.1, -0.05) is 30.3 Å². The number of benzene rings is 2. The topological polar surface area (TPSA) is 97.1 Å². The second-order valence-electron chi connectivity index (χ2n) is 8.67. The fourth-order valence-corrected chi connectivity index (χ4v) is 4.58. The van der Waals surface area contributed by atoms with Gasteiger partial charge in [-0.25, -0.2) is 4.98 Å². The predicted octanol–water partition coefficient (Wildman–Crippen LogP) is 3.76. The smallest absolute Gasteiger partial charge is 0.252 e. The lowest BCUT2D eigenvalue weighted by atomic mass is 9.82. The molecule has 0 aliphatic heterocycles. The molecular weight excluding hydrogens is 400 g/mol. The van der Waals surface area contributed by atoms with E-state index in [1.54, 1.807) is 12.1 Å². The molecule has 2 aromatic carbocycles. The zero-order chi connectivity index (χ0) is 22.5. The average Bonchev–Trinajstić information content (AvgIpc) is 2.83. The van der Waals surface area contributed by atoms with Gasteiger partial charge in [0.2, 0.25) is 5.91 Å². The minimum absolute atomic E-state index is 0.0732. The molecule has 0 radical (unpaired) electrons. The first-order valence-corrected chi connectivity index (χ1v) is 11.3. The van der Waals surface area contributed by atoms with Crippen molar-refractivity contribution in [1.82, 2.24) is 15.6 Å². The molecule has 32 heavy (non-hydrogen) atoms. The highest BCUT2D eigenvalue weighted by Crippen LogP contribution is 2.29. The summed E-state index contributed by atoms with van der Waals surface area (Å²) in [5, 5.41) is 7.27. The molecule has 3 aromatic rings. The highest BCUT2D eigenvalue weighted by Gasteiger charge is 2.22. The van der Waals surface area contributed by atoms with Gasteiger partial charge in [0.05, 0.1) is 16.8 Å². The maximum Gasteiger partial charge on any atom is 0.252 e. The van der Waals surface area contributed by atoms with Gasteiger partial charge >= 0.3 is 0 Å². The summed E-state index contributed by atoms with van der Waals surface area (Å²) >= 11 is 0. The lowest BCUT2D eigenvalue weighted by molar-refractivity contribution is 0.0942. The maximum absolute atomic E-state index is 13.2. The van der Waals surface area contributed by atoms with Crippen LogP contribution in [0, 0.1) is 11.8 Å². The SMILES string of the molecule is CNC[C@H]1CC[C@H](CNC(=O)c2cc(-c3ccc(C(N)=O)cc3)nc3ccccc23)CC1. The first-order chi connectivity index (χ1) is 15.5. The summed E-state index contributed by atoms with van der Waals surface area (Å²) in [6.45, 7) is 1.77. The van der Waals surface area contributed by atoms with E-state index < -0.39 is 5.91 Å². The molecule has 6 nitrogen and oxygen atoms in total. The van der Waals surface area contributed by atoms with E-state index in [1.165, 1.54) is 12.8 Å². The summed E-state index contributed by atoms with van der Waals surface area (Å²) in [5.41, 5.74) is 8.70. The molecule has 1 heterocycles. The number of nitrogens with two attached hydrogens (primary N) is 1. The number of hydrogen-bond donors (Lipinski definition) is 3. The number of aromatic nitrogens is 1. The quantitative estimate of drug-likeness (QED) is 0.532. The summed E-state index contributed by atoms with van der Waals surface area (Å²) in [6, 6.07) is 16.5. The van der Waals surface area contributed by atoms with Crippen LogP contribution in [0.4, 0.5) is 0 Å². The average molecular weight is 431 g/mol. The highest BCUT2D eigenvalue weighted by molar-refractivity contribution is 6.07. The van der Waals surface area contributed by atoms with Gasteiger partial charge in [-0.3, -0.25) is 9.59 Å². The number of amides is 2. The number of carbonyl (C=O) groups excluding carboxylic acids is 2. The van der Waals surface area contributed by atoms with Crippen molar-refractivity contribution in [1.29, 1.82) is 0 Å². The van der Waals surface area contributed by atoms with Crippen molar-refractivity contribution in [3.8, 4) is 11.3 Å². The molecule has 4 rings (SSSR count). The van der Waals surface area contributed by atoms with Crippen molar-refractivity contribution in [2.45, 2.75) is 25.7 Å². The first kappa shape index (κ1) is 22.0. The molecular formula is C26H30N4O2. The molecule has 1 fully saturated rings. The number of pyridine rings is 1. The number of carbonyl (C=O) groups is 2. The Morgan fingerprint density at radius 1 is 0.969 bits per heavy atom. The largest absolute Gasteiger partial charge is 0.366 e. The Labute approximate surface area is 188 Å². The van der Waals surface area contributed by atoms with Crippen molar-refractivity contribution in [2.24, 2.45) is 17.6 Å². The summed E-state index contributed by atoms with van der Waals surface area (Å²) in [5.74, 6) is 0.736. The van der Waals surface area contributed by atoms with Gasteiger partial charge in [0, 0.05) is 23.1 Å². The zero-order valence-electron chi connectivity index (χ0n) is 18.4. The van der Waals surface area contributed by atoms with Crippen molar-refractivity contribution in [3.63, 3.8) is 0 Å². The van der Waals surface area contributed by atoms with Crippen LogP contribution >= 0.6 is 0 Å². The van der Waals surface area contributed by atoms with Gasteiger partial charge in [0.1, 0.15) is 0 Å². The summed E-state index contributed by atoms with van der Waals surface area (Å²) < 4.78 is 0. The number of para-hydroxylation sites is 1. The Balaban J connectivity index is 1.53. The van der Waals surface area contributed by atoms with Gasteiger partial charge in [-0.2, -0.15) is 0 Å². The van der Waals surface area contributed by atoms with E-state index in [1.807, 2.05) is 49.5 Å². The number of primary amides is 1. The second kappa shape index (κ2) is 9.92. The molecule has 0 saturated heterocycles. The van der Waals surface area contributed by atoms with E-state index in [0.29, 0.717) is 29.3 Å². The van der Waals surface area contributed by atoms with Crippen molar-refractivity contribution >= 4 is 22.7 Å². The van der Waals surface area contributed by atoms with Gasteiger partial charge in [0.25, 0.3) is 5.91 Å². The molecule has 1 aromatic heterocycles. The molecule has 166 valence electrons. The minimum atomic E-state index is -0.469. The molecule has 0 unspecified atom stereocenters. The van der Waals surface area contributed by atoms with Crippen LogP contribution in [0.1, 0.15) is 46.4 Å². The molecule has 0 bridgehead atoms. The van der Waals surface area contributed by atoms with Crippen LogP contribution in [0.3, 0.4) is 0 Å². The highest BCUT2D eigenvalue weighted by atomic mass is 16.2. The monoisotopic (exact) mass is 430 g/mol. The van der Waals surface area contributed by atoms with Crippen LogP contribution < -0.4 is 16.4 Å². The molecule has 4 N–H and O–H groups in total. The summed E-state index contributed by atoms with van der Waals surface area (Å²) in [6.07, 6.45) is 4.73. The van der Waals surface area contributed by atoms with Crippen LogP contribution in [0.2, 0.25) is 0 Å². The summed E-state index contributed by atoms with van der Waals surface area (Å²) in [4.78, 5) is 29.3. The van der Waals surface area contributed by atoms with Crippen LogP contribution in [-0.2, 0) is 0 Å². The van der Waals surface area contributed by atoms with Crippen molar-refractivity contribution < 1.29 is 9.59 Å². The van der Waals surface area contributed by atoms with Gasteiger partial charge < -0.3 is 16.4 Å². The number of hydrogen-bond acceptors (Lipinski definition) is 4. The number of nitrogens with zero attached hydrogens (tertiary/aromatic N) is 1.